The number of benzene rings is 3. The average Bonchev–Trinajstić information content (AvgIpc) is 3.30. The van der Waals surface area contributed by atoms with Gasteiger partial charge in [-0.1, -0.05) is 32.0 Å². The van der Waals surface area contributed by atoms with Crippen LogP contribution >= 0.6 is 0 Å². The quantitative estimate of drug-likeness (QED) is 0.154. The van der Waals surface area contributed by atoms with Gasteiger partial charge in [0.15, 0.2) is 5.78 Å². The number of hydrogen-bond donors (Lipinski definition) is 2. The standard InChI is InChI=1S/C29H30FNO6S/c1-19(2)26(31-22-11-9-20(10-12-22)27(32)7-5-15-38(33,34)35)18-36-23-13-14-24(25(30)17-23)29-16-21-6-3-4-8-28(21)37-29/h3-4,6,8-14,16-17,19,26,31H,5,7,15,18H2,1-2H3,(H,33,34,35)/t26-/m1/s1. The number of carbonyl (C=O) groups excluding carboxylic acids is 1. The van der Waals surface area contributed by atoms with Crippen LogP contribution in [-0.2, 0) is 10.1 Å². The molecule has 0 saturated carbocycles. The highest BCUT2D eigenvalue weighted by Gasteiger charge is 2.17. The lowest BCUT2D eigenvalue weighted by Gasteiger charge is -2.24. The van der Waals surface area contributed by atoms with Crippen molar-refractivity contribution < 1.29 is 31.3 Å². The van der Waals surface area contributed by atoms with Crippen LogP contribution in [0.15, 0.2) is 77.2 Å². The minimum atomic E-state index is -4.08. The van der Waals surface area contributed by atoms with Gasteiger partial charge in [0.05, 0.1) is 17.4 Å². The summed E-state index contributed by atoms with van der Waals surface area (Å²) in [5.41, 5.74) is 2.30. The minimum Gasteiger partial charge on any atom is -0.491 e. The van der Waals surface area contributed by atoms with E-state index in [0.29, 0.717) is 28.2 Å². The largest absolute Gasteiger partial charge is 0.491 e. The zero-order valence-electron chi connectivity index (χ0n) is 21.2. The third-order valence-electron chi connectivity index (χ3n) is 6.23. The van der Waals surface area contributed by atoms with Crippen LogP contribution in [0.2, 0.25) is 0 Å². The first-order chi connectivity index (χ1) is 18.1. The van der Waals surface area contributed by atoms with E-state index in [2.05, 4.69) is 5.32 Å². The molecule has 9 heteroatoms. The Labute approximate surface area is 221 Å². The van der Waals surface area contributed by atoms with Crippen molar-refractivity contribution in [1.29, 1.82) is 0 Å². The number of halogens is 1. The fraction of sp³-hybridized carbons (Fsp3) is 0.276. The molecule has 0 unspecified atom stereocenters. The van der Waals surface area contributed by atoms with Crippen LogP contribution in [0.4, 0.5) is 10.1 Å². The maximum absolute atomic E-state index is 14.9. The Morgan fingerprint density at radius 2 is 1.79 bits per heavy atom. The molecule has 0 fully saturated rings. The Hall–Kier alpha value is -3.69. The fourth-order valence-electron chi connectivity index (χ4n) is 4.01. The van der Waals surface area contributed by atoms with Crippen LogP contribution < -0.4 is 10.1 Å². The Kier molecular flexibility index (Phi) is 8.48. The van der Waals surface area contributed by atoms with E-state index in [-0.39, 0.29) is 37.2 Å². The zero-order chi connectivity index (χ0) is 27.3. The summed E-state index contributed by atoms with van der Waals surface area (Å²) in [6, 6.07) is 20.8. The van der Waals surface area contributed by atoms with Crippen LogP contribution in [0.25, 0.3) is 22.3 Å². The van der Waals surface area contributed by atoms with Gasteiger partial charge in [0, 0.05) is 29.1 Å². The Morgan fingerprint density at radius 1 is 1.05 bits per heavy atom. The molecular weight excluding hydrogens is 509 g/mol. The first-order valence-electron chi connectivity index (χ1n) is 12.4. The lowest BCUT2D eigenvalue weighted by molar-refractivity contribution is 0.0982. The van der Waals surface area contributed by atoms with E-state index in [4.69, 9.17) is 13.7 Å². The minimum absolute atomic E-state index is 0.0285. The molecule has 0 aliphatic rings. The summed E-state index contributed by atoms with van der Waals surface area (Å²) in [6.07, 6.45) is 0.0883. The summed E-state index contributed by atoms with van der Waals surface area (Å²) >= 11 is 0. The number of Topliss-reactive ketones (excluding diaryl/α,β-unsaturated/α-hetero) is 1. The van der Waals surface area contributed by atoms with E-state index < -0.39 is 21.7 Å². The first-order valence-corrected chi connectivity index (χ1v) is 14.0. The van der Waals surface area contributed by atoms with Gasteiger partial charge in [-0.25, -0.2) is 4.39 Å². The molecule has 2 N–H and O–H groups in total. The molecule has 3 aromatic carbocycles. The summed E-state index contributed by atoms with van der Waals surface area (Å²) in [5.74, 6) is -0.0278. The topological polar surface area (TPSA) is 106 Å². The molecule has 4 rings (SSSR count). The van der Waals surface area contributed by atoms with E-state index in [1.165, 1.54) is 6.07 Å². The predicted molar refractivity (Wildman–Crippen MR) is 146 cm³/mol. The Morgan fingerprint density at radius 3 is 2.45 bits per heavy atom. The third kappa shape index (κ3) is 7.20. The van der Waals surface area contributed by atoms with Gasteiger partial charge in [0.1, 0.15) is 29.5 Å². The predicted octanol–water partition coefficient (Wildman–Crippen LogP) is 6.61. The van der Waals surface area contributed by atoms with Gasteiger partial charge in [-0.15, -0.1) is 0 Å². The van der Waals surface area contributed by atoms with Crippen molar-refractivity contribution in [3.8, 4) is 17.1 Å². The van der Waals surface area contributed by atoms with Gasteiger partial charge in [-0.3, -0.25) is 9.35 Å². The molecule has 0 aliphatic heterocycles. The number of furan rings is 1. The third-order valence-corrected chi connectivity index (χ3v) is 7.04. The van der Waals surface area contributed by atoms with Gasteiger partial charge in [-0.2, -0.15) is 8.42 Å². The van der Waals surface area contributed by atoms with Crippen LogP contribution in [-0.4, -0.2) is 37.2 Å². The highest BCUT2D eigenvalue weighted by Crippen LogP contribution is 2.31. The summed E-state index contributed by atoms with van der Waals surface area (Å²) in [5, 5.41) is 4.29. The second-order valence-corrected chi connectivity index (χ2v) is 11.1. The van der Waals surface area contributed by atoms with E-state index in [9.17, 15) is 17.6 Å². The number of nitrogens with one attached hydrogen (secondary N) is 1. The molecule has 0 aliphatic carbocycles. The molecule has 0 radical (unpaired) electrons. The number of para-hydroxylation sites is 1. The maximum atomic E-state index is 14.9. The summed E-state index contributed by atoms with van der Waals surface area (Å²) < 4.78 is 57.0. The molecule has 200 valence electrons. The molecule has 0 spiro atoms. The Balaban J connectivity index is 1.35. The van der Waals surface area contributed by atoms with Crippen molar-refractivity contribution in [3.05, 3.63) is 84.2 Å². The number of ether oxygens (including phenoxy) is 1. The molecule has 0 saturated heterocycles. The smallest absolute Gasteiger partial charge is 0.264 e. The van der Waals surface area contributed by atoms with Crippen molar-refractivity contribution >= 4 is 32.6 Å². The number of rotatable bonds is 12. The van der Waals surface area contributed by atoms with Crippen LogP contribution in [0.1, 0.15) is 37.0 Å². The van der Waals surface area contributed by atoms with E-state index >= 15 is 0 Å². The number of ketones is 1. The van der Waals surface area contributed by atoms with E-state index in [0.717, 1.165) is 11.1 Å². The number of fused-ring (bicyclic) bond motifs is 1. The van der Waals surface area contributed by atoms with Crippen LogP contribution in [0.5, 0.6) is 5.75 Å². The van der Waals surface area contributed by atoms with Gasteiger partial charge >= 0.3 is 0 Å². The fourth-order valence-corrected chi connectivity index (χ4v) is 4.52. The van der Waals surface area contributed by atoms with Crippen molar-refractivity contribution in [2.45, 2.75) is 32.7 Å². The van der Waals surface area contributed by atoms with E-state index in [1.54, 1.807) is 36.4 Å². The van der Waals surface area contributed by atoms with Gasteiger partial charge < -0.3 is 14.5 Å². The number of carbonyl (C=O) groups is 1. The molecule has 38 heavy (non-hydrogen) atoms. The highest BCUT2D eigenvalue weighted by molar-refractivity contribution is 7.85. The molecule has 4 aromatic rings. The normalized spacial score (nSPS) is 12.6. The second-order valence-electron chi connectivity index (χ2n) is 9.49. The van der Waals surface area contributed by atoms with Crippen LogP contribution in [0.3, 0.4) is 0 Å². The molecule has 1 aromatic heterocycles. The SMILES string of the molecule is CC(C)[C@@H](COc1ccc(-c2cc3ccccc3o2)c(F)c1)Nc1ccc(C(=O)CCCS(=O)(=O)O)cc1. The summed E-state index contributed by atoms with van der Waals surface area (Å²) in [4.78, 5) is 12.3. The molecule has 0 bridgehead atoms. The van der Waals surface area contributed by atoms with Crippen LogP contribution in [0, 0.1) is 11.7 Å². The van der Waals surface area contributed by atoms with Crippen molar-refractivity contribution in [3.63, 3.8) is 0 Å². The number of hydrogen-bond acceptors (Lipinski definition) is 6. The summed E-state index contributed by atoms with van der Waals surface area (Å²) in [7, 11) is -4.08. The van der Waals surface area contributed by atoms with Gasteiger partial charge in [-0.05, 0) is 60.9 Å². The summed E-state index contributed by atoms with van der Waals surface area (Å²) in [6.45, 7) is 4.37. The lowest BCUT2D eigenvalue weighted by Crippen LogP contribution is -2.32. The number of anilines is 1. The van der Waals surface area contributed by atoms with Crippen molar-refractivity contribution in [2.24, 2.45) is 5.92 Å². The zero-order valence-corrected chi connectivity index (χ0v) is 22.0. The van der Waals surface area contributed by atoms with Crippen molar-refractivity contribution in [1.82, 2.24) is 0 Å². The van der Waals surface area contributed by atoms with Crippen molar-refractivity contribution in [2.75, 3.05) is 17.7 Å². The average molecular weight is 540 g/mol. The molecule has 7 nitrogen and oxygen atoms in total. The second kappa shape index (κ2) is 11.8. The van der Waals surface area contributed by atoms with Gasteiger partial charge in [0.2, 0.25) is 0 Å². The van der Waals surface area contributed by atoms with E-state index in [1.807, 2.05) is 44.2 Å². The molecule has 1 atom stereocenters. The molecular formula is C29H30FNO6S. The van der Waals surface area contributed by atoms with Gasteiger partial charge in [0.25, 0.3) is 10.1 Å². The monoisotopic (exact) mass is 539 g/mol. The Bertz CT molecular complexity index is 1480. The molecule has 0 amide bonds. The molecule has 1 heterocycles. The first kappa shape index (κ1) is 27.3. The maximum Gasteiger partial charge on any atom is 0.264 e. The highest BCUT2D eigenvalue weighted by atomic mass is 32.2. The lowest BCUT2D eigenvalue weighted by atomic mass is 10.0.